The van der Waals surface area contributed by atoms with E-state index in [4.69, 9.17) is 0 Å². The van der Waals surface area contributed by atoms with Gasteiger partial charge in [0.1, 0.15) is 0 Å². The van der Waals surface area contributed by atoms with E-state index in [9.17, 15) is 0 Å². The Morgan fingerprint density at radius 1 is 0.636 bits per heavy atom. The summed E-state index contributed by atoms with van der Waals surface area (Å²) in [6.45, 7) is 13.1. The van der Waals surface area contributed by atoms with Crippen LogP contribution in [0.2, 0.25) is 69.0 Å². The molecule has 0 aliphatic rings. The molecule has 0 bridgehead atoms. The predicted molar refractivity (Wildman–Crippen MR) is 137 cm³/mol. The first-order valence-corrected chi connectivity index (χ1v) is 23.6. The molecule has 0 saturated heterocycles. The third kappa shape index (κ3) is 11.8. The van der Waals surface area contributed by atoms with Crippen LogP contribution < -0.4 is 0 Å². The molecule has 0 atom stereocenters. The molecule has 0 rings (SSSR count). The first-order valence-electron chi connectivity index (χ1n) is 9.22. The van der Waals surface area contributed by atoms with Gasteiger partial charge in [-0.05, 0) is 8.10 Å². The van der Waals surface area contributed by atoms with Gasteiger partial charge in [0.25, 0.3) is 0 Å². The Balaban J connectivity index is 4.39. The van der Waals surface area contributed by atoms with E-state index < -0.39 is 24.2 Å². The molecule has 6 heteroatoms. The summed E-state index contributed by atoms with van der Waals surface area (Å²) in [4.78, 5) is 0. The van der Waals surface area contributed by atoms with Crippen molar-refractivity contribution in [3.63, 3.8) is 0 Å². The molecule has 0 aliphatic carbocycles. The Morgan fingerprint density at radius 3 is 1.32 bits per heavy atom. The van der Waals surface area contributed by atoms with Crippen LogP contribution in [0.25, 0.3) is 0 Å². The highest BCUT2D eigenvalue weighted by Crippen LogP contribution is 2.31. The van der Waals surface area contributed by atoms with Crippen LogP contribution in [0.15, 0.2) is 0 Å². The minimum absolute atomic E-state index is 0.854. The van der Waals surface area contributed by atoms with Gasteiger partial charge in [-0.1, -0.05) is 133 Å². The predicted octanol–water partition coefficient (Wildman–Crippen LogP) is 6.38. The fourth-order valence-corrected chi connectivity index (χ4v) is 13.7. The molecular formula is C16H40I2Si4. The van der Waals surface area contributed by atoms with Crippen LogP contribution in [0.3, 0.4) is 0 Å². The summed E-state index contributed by atoms with van der Waals surface area (Å²) in [7, 11) is -1.23. The van der Waals surface area contributed by atoms with E-state index in [1.165, 1.54) is 24.4 Å². The smallest absolute Gasteiger partial charge is 0.0578 e. The van der Waals surface area contributed by atoms with Crippen LogP contribution in [-0.4, -0.2) is 42.6 Å². The fraction of sp³-hybridized carbons (Fsp3) is 1.00. The highest BCUT2D eigenvalue weighted by Gasteiger charge is 2.28. The van der Waals surface area contributed by atoms with Crippen molar-refractivity contribution in [1.82, 2.24) is 0 Å². The van der Waals surface area contributed by atoms with Crippen molar-refractivity contribution in [1.29, 1.82) is 0 Å². The molecule has 0 aromatic rings. The molecule has 0 N–H and O–H groups in total. The van der Waals surface area contributed by atoms with Crippen molar-refractivity contribution in [2.24, 2.45) is 0 Å². The maximum absolute atomic E-state index is 2.75. The van der Waals surface area contributed by atoms with Crippen LogP contribution >= 0.6 is 45.2 Å². The average molecular weight is 599 g/mol. The minimum atomic E-state index is -0.934. The second kappa shape index (κ2) is 11.8. The summed E-state index contributed by atoms with van der Waals surface area (Å²) in [6.07, 6.45) is 4.66. The van der Waals surface area contributed by atoms with Crippen LogP contribution in [0, 0.1) is 0 Å². The molecule has 0 saturated carbocycles. The van der Waals surface area contributed by atoms with Crippen molar-refractivity contribution in [3.05, 3.63) is 0 Å². The monoisotopic (exact) mass is 598 g/mol. The minimum Gasteiger partial charge on any atom is -0.0897 e. The van der Waals surface area contributed by atoms with Gasteiger partial charge < -0.3 is 0 Å². The first-order chi connectivity index (χ1) is 10.1. The summed E-state index contributed by atoms with van der Waals surface area (Å²) in [5.74, 6) is 0. The van der Waals surface area contributed by atoms with Gasteiger partial charge in [-0.2, -0.15) is 0 Å². The Bertz CT molecular complexity index is 274. The van der Waals surface area contributed by atoms with Crippen molar-refractivity contribution >= 4 is 79.6 Å². The maximum atomic E-state index is 2.75. The molecule has 22 heavy (non-hydrogen) atoms. The van der Waals surface area contributed by atoms with Gasteiger partial charge in [-0.3, -0.25) is 0 Å². The zero-order valence-corrected chi connectivity index (χ0v) is 25.3. The van der Waals surface area contributed by atoms with E-state index in [0.717, 1.165) is 0 Å². The van der Waals surface area contributed by atoms with Gasteiger partial charge in [-0.15, -0.1) is 0 Å². The molecule has 0 aromatic carbocycles. The normalized spacial score (nSPS) is 13.8. The Morgan fingerprint density at radius 2 is 1.00 bits per heavy atom. The SMILES string of the molecule is C[Si](C)(CI)CCC[Si](C)(CCC[SiH3])CCC[Si](C)(C)CI. The third-order valence-corrected chi connectivity index (χ3v) is 27.8. The number of hydrogen-bond acceptors (Lipinski definition) is 0. The summed E-state index contributed by atoms with van der Waals surface area (Å²) in [5, 5.41) is 0. The van der Waals surface area contributed by atoms with Crippen LogP contribution in [-0.2, 0) is 0 Å². The second-order valence-corrected chi connectivity index (χ2v) is 30.1. The van der Waals surface area contributed by atoms with Crippen LogP contribution in [0.4, 0.5) is 0 Å². The number of halogens is 2. The van der Waals surface area contributed by atoms with E-state index in [0.29, 0.717) is 0 Å². The number of rotatable bonds is 13. The molecule has 0 amide bonds. The Kier molecular flexibility index (Phi) is 13.1. The number of alkyl halides is 2. The van der Waals surface area contributed by atoms with Crippen molar-refractivity contribution in [2.75, 3.05) is 8.10 Å². The van der Waals surface area contributed by atoms with Gasteiger partial charge >= 0.3 is 0 Å². The topological polar surface area (TPSA) is 0 Å². The molecule has 134 valence electrons. The molecule has 0 unspecified atom stereocenters. The Hall–Kier alpha value is 2.33. The zero-order valence-electron chi connectivity index (χ0n) is 16.0. The largest absolute Gasteiger partial charge is 0.0897 e. The molecule has 0 nitrogen and oxygen atoms in total. The highest BCUT2D eigenvalue weighted by atomic mass is 127. The molecule has 0 spiro atoms. The molecule has 0 aliphatic heterocycles. The highest BCUT2D eigenvalue weighted by molar-refractivity contribution is 14.1. The molecule has 0 aromatic heterocycles. The van der Waals surface area contributed by atoms with Gasteiger partial charge in [-0.25, -0.2) is 0 Å². The lowest BCUT2D eigenvalue weighted by Crippen LogP contribution is -2.34. The van der Waals surface area contributed by atoms with Gasteiger partial charge in [0.15, 0.2) is 0 Å². The van der Waals surface area contributed by atoms with E-state index in [1.54, 1.807) is 49.5 Å². The third-order valence-electron chi connectivity index (χ3n) is 5.13. The van der Waals surface area contributed by atoms with E-state index in [2.05, 4.69) is 77.9 Å². The summed E-state index contributed by atoms with van der Waals surface area (Å²) in [5.41, 5.74) is 0. The van der Waals surface area contributed by atoms with Crippen molar-refractivity contribution < 1.29 is 0 Å². The lowest BCUT2D eigenvalue weighted by atomic mass is 10.5. The standard InChI is InChI=1S/C16H40I2Si4/c1-20(2,15-17)10-7-13-22(5,12-6-9-19)14-8-11-21(3,4)16-18/h6-16H2,1-5,19H3. The van der Waals surface area contributed by atoms with E-state index in [1.807, 2.05) is 0 Å². The Labute approximate surface area is 174 Å². The maximum Gasteiger partial charge on any atom is 0.0578 e. The molecule has 0 heterocycles. The van der Waals surface area contributed by atoms with Crippen LogP contribution in [0.5, 0.6) is 0 Å². The van der Waals surface area contributed by atoms with E-state index in [-0.39, 0.29) is 0 Å². The van der Waals surface area contributed by atoms with Gasteiger partial charge in [0.2, 0.25) is 0 Å². The van der Waals surface area contributed by atoms with E-state index >= 15 is 0 Å². The molecular weight excluding hydrogens is 558 g/mol. The lowest BCUT2D eigenvalue weighted by Gasteiger charge is -2.30. The molecule has 0 radical (unpaired) electrons. The van der Waals surface area contributed by atoms with Gasteiger partial charge in [0.05, 0.1) is 24.2 Å². The lowest BCUT2D eigenvalue weighted by molar-refractivity contribution is 0.912. The second-order valence-electron chi connectivity index (χ2n) is 9.22. The average Bonchev–Trinajstić information content (AvgIpc) is 2.45. The van der Waals surface area contributed by atoms with Gasteiger partial charge in [0, 0.05) is 10.2 Å². The number of hydrogen-bond donors (Lipinski definition) is 0. The van der Waals surface area contributed by atoms with Crippen LogP contribution in [0.1, 0.15) is 19.3 Å². The fourth-order valence-electron chi connectivity index (χ4n) is 3.10. The molecule has 0 fully saturated rings. The van der Waals surface area contributed by atoms with Crippen molar-refractivity contribution in [3.8, 4) is 0 Å². The first kappa shape index (κ1) is 24.3. The summed E-state index contributed by atoms with van der Waals surface area (Å²) < 4.78 is 2.89. The van der Waals surface area contributed by atoms with Crippen molar-refractivity contribution in [2.45, 2.75) is 88.3 Å². The summed E-state index contributed by atoms with van der Waals surface area (Å²) in [6, 6.07) is 9.59. The quantitative estimate of drug-likeness (QED) is 0.131. The zero-order chi connectivity index (χ0) is 17.3. The summed E-state index contributed by atoms with van der Waals surface area (Å²) >= 11 is 5.26.